The van der Waals surface area contributed by atoms with Crippen molar-refractivity contribution < 1.29 is 14.8 Å². The molecule has 0 aromatic heterocycles. The van der Waals surface area contributed by atoms with Gasteiger partial charge < -0.3 is 14.7 Å². The summed E-state index contributed by atoms with van der Waals surface area (Å²) in [6.07, 6.45) is 1.35. The van der Waals surface area contributed by atoms with E-state index in [1.807, 2.05) is 25.7 Å². The van der Waals surface area contributed by atoms with Crippen LogP contribution in [0.25, 0.3) is 0 Å². The lowest BCUT2D eigenvalue weighted by molar-refractivity contribution is -0.386. The third-order valence-electron chi connectivity index (χ3n) is 4.01. The predicted octanol–water partition coefficient (Wildman–Crippen LogP) is 3.30. The lowest BCUT2D eigenvalue weighted by atomic mass is 9.96. The molecule has 0 unspecified atom stereocenters. The van der Waals surface area contributed by atoms with Crippen LogP contribution >= 0.6 is 0 Å². The molecule has 6 nitrogen and oxygen atoms in total. The van der Waals surface area contributed by atoms with Crippen molar-refractivity contribution in [2.75, 3.05) is 13.1 Å². The second kappa shape index (κ2) is 6.10. The van der Waals surface area contributed by atoms with E-state index in [-0.39, 0.29) is 17.0 Å². The van der Waals surface area contributed by atoms with Crippen LogP contribution in [0.2, 0.25) is 0 Å². The summed E-state index contributed by atoms with van der Waals surface area (Å²) in [4.78, 5) is 12.6. The van der Waals surface area contributed by atoms with Gasteiger partial charge in [-0.25, -0.2) is 0 Å². The highest BCUT2D eigenvalue weighted by molar-refractivity contribution is 5.57. The van der Waals surface area contributed by atoms with Crippen molar-refractivity contribution in [1.29, 1.82) is 0 Å². The number of benzene rings is 1. The number of hydrogen-bond acceptors (Lipinski definition) is 5. The summed E-state index contributed by atoms with van der Waals surface area (Å²) in [6, 6.07) is 1.49. The molecule has 1 aromatic rings. The zero-order valence-electron chi connectivity index (χ0n) is 14.2. The van der Waals surface area contributed by atoms with E-state index in [1.165, 1.54) is 6.07 Å². The average Bonchev–Trinajstić information content (AvgIpc) is 2.63. The summed E-state index contributed by atoms with van der Waals surface area (Å²) in [5, 5.41) is 21.1. The van der Waals surface area contributed by atoms with Crippen LogP contribution in [0.4, 0.5) is 5.69 Å². The van der Waals surface area contributed by atoms with Gasteiger partial charge in [0.2, 0.25) is 0 Å². The Balaban J connectivity index is 2.25. The number of nitro benzene ring substituents is 1. The molecular weight excluding hydrogens is 296 g/mol. The van der Waals surface area contributed by atoms with Gasteiger partial charge in [-0.1, -0.05) is 0 Å². The van der Waals surface area contributed by atoms with E-state index in [9.17, 15) is 15.2 Å². The largest absolute Gasteiger partial charge is 0.502 e. The lowest BCUT2D eigenvalue weighted by Crippen LogP contribution is -2.31. The zero-order chi connectivity index (χ0) is 17.4. The number of nitro groups is 1. The predicted molar refractivity (Wildman–Crippen MR) is 88.5 cm³/mol. The first-order valence-corrected chi connectivity index (χ1v) is 7.71. The molecule has 0 aliphatic carbocycles. The smallest absolute Gasteiger partial charge is 0.311 e. The molecule has 1 aliphatic rings. The molecule has 23 heavy (non-hydrogen) atoms. The monoisotopic (exact) mass is 320 g/mol. The first kappa shape index (κ1) is 17.1. The SMILES string of the molecule is C=C(OC(C)(C)C)N1CCc2cc([N+](=O)[O-])c(O)c(C)c2CC1. The Hall–Kier alpha value is -2.24. The number of aromatic hydroxyl groups is 1. The Morgan fingerprint density at radius 2 is 2.00 bits per heavy atom. The highest BCUT2D eigenvalue weighted by atomic mass is 16.6. The molecule has 0 bridgehead atoms. The maximum absolute atomic E-state index is 11.1. The number of hydrogen-bond donors (Lipinski definition) is 1. The average molecular weight is 320 g/mol. The minimum atomic E-state index is -0.535. The van der Waals surface area contributed by atoms with Gasteiger partial charge in [-0.15, -0.1) is 0 Å². The fourth-order valence-corrected chi connectivity index (χ4v) is 2.89. The van der Waals surface area contributed by atoms with Gasteiger partial charge in [-0.2, -0.15) is 0 Å². The maximum atomic E-state index is 11.1. The van der Waals surface area contributed by atoms with E-state index in [2.05, 4.69) is 6.58 Å². The summed E-state index contributed by atoms with van der Waals surface area (Å²) in [6.45, 7) is 13.0. The first-order chi connectivity index (χ1) is 10.6. The normalized spacial score (nSPS) is 14.9. The summed E-state index contributed by atoms with van der Waals surface area (Å²) >= 11 is 0. The van der Waals surface area contributed by atoms with Crippen molar-refractivity contribution in [3.05, 3.63) is 45.3 Å². The molecule has 0 spiro atoms. The standard InChI is InChI=1S/C17H24N2O4/c1-11-14-7-9-18(12(2)23-17(3,4)5)8-6-13(14)10-15(16(11)20)19(21)22/h10,20H,2,6-9H2,1,3-5H3. The van der Waals surface area contributed by atoms with Crippen molar-refractivity contribution >= 4 is 5.69 Å². The van der Waals surface area contributed by atoms with Crippen LogP contribution in [0.15, 0.2) is 18.5 Å². The van der Waals surface area contributed by atoms with Crippen molar-refractivity contribution in [2.24, 2.45) is 0 Å². The maximum Gasteiger partial charge on any atom is 0.311 e. The highest BCUT2D eigenvalue weighted by Gasteiger charge is 2.25. The molecule has 126 valence electrons. The van der Waals surface area contributed by atoms with Gasteiger partial charge in [0.05, 0.1) is 4.92 Å². The molecule has 0 fully saturated rings. The molecule has 1 aliphatic heterocycles. The second-order valence-electron chi connectivity index (χ2n) is 6.86. The molecule has 0 saturated carbocycles. The van der Waals surface area contributed by atoms with E-state index in [0.29, 0.717) is 37.4 Å². The van der Waals surface area contributed by atoms with Crippen LogP contribution < -0.4 is 0 Å². The molecule has 1 heterocycles. The van der Waals surface area contributed by atoms with Crippen molar-refractivity contribution in [3.63, 3.8) is 0 Å². The van der Waals surface area contributed by atoms with Crippen molar-refractivity contribution in [3.8, 4) is 5.75 Å². The topological polar surface area (TPSA) is 75.8 Å². The molecule has 2 rings (SSSR count). The van der Waals surface area contributed by atoms with Gasteiger partial charge in [0.15, 0.2) is 11.6 Å². The van der Waals surface area contributed by atoms with Gasteiger partial charge in [0, 0.05) is 24.7 Å². The molecule has 0 saturated heterocycles. The first-order valence-electron chi connectivity index (χ1n) is 7.71. The molecular formula is C17H24N2O4. The number of nitrogens with zero attached hydrogens (tertiary/aromatic N) is 2. The van der Waals surface area contributed by atoms with Crippen molar-refractivity contribution in [2.45, 2.75) is 46.1 Å². The minimum absolute atomic E-state index is 0.223. The third-order valence-corrected chi connectivity index (χ3v) is 4.01. The van der Waals surface area contributed by atoms with E-state index < -0.39 is 4.92 Å². The molecule has 0 amide bonds. The van der Waals surface area contributed by atoms with Crippen LogP contribution in [0.5, 0.6) is 5.75 Å². The Labute approximate surface area is 136 Å². The number of rotatable bonds is 3. The number of phenolic OH excluding ortho intramolecular Hbond substituents is 1. The molecule has 0 atom stereocenters. The summed E-state index contributed by atoms with van der Waals surface area (Å²) < 4.78 is 5.82. The Bertz CT molecular complexity index is 647. The lowest BCUT2D eigenvalue weighted by Gasteiger charge is -2.30. The van der Waals surface area contributed by atoms with Crippen LogP contribution in [0, 0.1) is 17.0 Å². The van der Waals surface area contributed by atoms with Gasteiger partial charge in [-0.3, -0.25) is 10.1 Å². The highest BCUT2D eigenvalue weighted by Crippen LogP contribution is 2.36. The molecule has 0 radical (unpaired) electrons. The van der Waals surface area contributed by atoms with Crippen LogP contribution in [0.3, 0.4) is 0 Å². The number of ether oxygens (including phenoxy) is 1. The summed E-state index contributed by atoms with van der Waals surface area (Å²) in [5.41, 5.74) is 1.96. The summed E-state index contributed by atoms with van der Waals surface area (Å²) in [5.74, 6) is 0.383. The van der Waals surface area contributed by atoms with Gasteiger partial charge in [-0.05, 0) is 58.2 Å². The van der Waals surface area contributed by atoms with Gasteiger partial charge in [0.25, 0.3) is 0 Å². The molecule has 1 aromatic carbocycles. The van der Waals surface area contributed by atoms with Crippen LogP contribution in [0.1, 0.15) is 37.5 Å². The van der Waals surface area contributed by atoms with E-state index in [4.69, 9.17) is 4.74 Å². The quantitative estimate of drug-likeness (QED) is 0.525. The van der Waals surface area contributed by atoms with Crippen LogP contribution in [-0.4, -0.2) is 33.6 Å². The van der Waals surface area contributed by atoms with E-state index in [1.54, 1.807) is 6.92 Å². The third kappa shape index (κ3) is 3.75. The van der Waals surface area contributed by atoms with Gasteiger partial charge in [0.1, 0.15) is 5.60 Å². The van der Waals surface area contributed by atoms with Crippen LogP contribution in [-0.2, 0) is 17.6 Å². The molecule has 1 N–H and O–H groups in total. The fourth-order valence-electron chi connectivity index (χ4n) is 2.89. The Kier molecular flexibility index (Phi) is 4.54. The number of fused-ring (bicyclic) bond motifs is 1. The second-order valence-corrected chi connectivity index (χ2v) is 6.86. The zero-order valence-corrected chi connectivity index (χ0v) is 14.2. The minimum Gasteiger partial charge on any atom is -0.502 e. The Morgan fingerprint density at radius 3 is 2.57 bits per heavy atom. The fraction of sp³-hybridized carbons (Fsp3) is 0.529. The van der Waals surface area contributed by atoms with E-state index in [0.717, 1.165) is 11.1 Å². The van der Waals surface area contributed by atoms with Crippen molar-refractivity contribution in [1.82, 2.24) is 4.90 Å². The Morgan fingerprint density at radius 1 is 1.39 bits per heavy atom. The summed E-state index contributed by atoms with van der Waals surface area (Å²) in [7, 11) is 0. The van der Waals surface area contributed by atoms with E-state index >= 15 is 0 Å². The van der Waals surface area contributed by atoms with Gasteiger partial charge >= 0.3 is 5.69 Å². The molecule has 6 heteroatoms. The number of phenols is 1.